The highest BCUT2D eigenvalue weighted by Crippen LogP contribution is 2.37. The van der Waals surface area contributed by atoms with Crippen LogP contribution in [-0.2, 0) is 0 Å². The van der Waals surface area contributed by atoms with E-state index in [0.717, 1.165) is 19.0 Å². The highest BCUT2D eigenvalue weighted by molar-refractivity contribution is 5.08. The summed E-state index contributed by atoms with van der Waals surface area (Å²) in [7, 11) is 0. The second-order valence-corrected chi connectivity index (χ2v) is 6.45. The first kappa shape index (κ1) is 14.1. The molecule has 3 unspecified atom stereocenters. The molecule has 3 N–H and O–H groups in total. The lowest BCUT2D eigenvalue weighted by atomic mass is 9.68. The molecule has 18 heavy (non-hydrogen) atoms. The Labute approximate surface area is 112 Å². The molecule has 0 aromatic rings. The van der Waals surface area contributed by atoms with Crippen LogP contribution in [0.4, 0.5) is 0 Å². The Morgan fingerprint density at radius 1 is 1.39 bits per heavy atom. The van der Waals surface area contributed by atoms with Crippen LogP contribution in [0.5, 0.6) is 0 Å². The number of allylic oxidation sites excluding steroid dienone is 1. The van der Waals surface area contributed by atoms with Gasteiger partial charge in [0.15, 0.2) is 0 Å². The monoisotopic (exact) mass is 250 g/mol. The number of hydrogen-bond acceptors (Lipinski definition) is 2. The number of hydrogen-bond donors (Lipinski definition) is 2. The van der Waals surface area contributed by atoms with E-state index in [1.54, 1.807) is 5.57 Å². The fourth-order valence-corrected chi connectivity index (χ4v) is 3.81. The van der Waals surface area contributed by atoms with Gasteiger partial charge in [0, 0.05) is 12.1 Å². The van der Waals surface area contributed by atoms with Crippen molar-refractivity contribution in [3.63, 3.8) is 0 Å². The summed E-state index contributed by atoms with van der Waals surface area (Å²) in [6.07, 6.45) is 11.6. The van der Waals surface area contributed by atoms with Gasteiger partial charge in [-0.2, -0.15) is 0 Å². The fraction of sp³-hybridized carbons (Fsp3) is 0.875. The molecule has 1 fully saturated rings. The van der Waals surface area contributed by atoms with Crippen molar-refractivity contribution in [1.82, 2.24) is 5.32 Å². The van der Waals surface area contributed by atoms with E-state index in [-0.39, 0.29) is 5.54 Å². The molecule has 0 heterocycles. The molecule has 0 saturated heterocycles. The molecule has 2 aliphatic carbocycles. The van der Waals surface area contributed by atoms with Crippen molar-refractivity contribution in [3.05, 3.63) is 11.6 Å². The minimum absolute atomic E-state index is 0.205. The molecule has 0 radical (unpaired) electrons. The van der Waals surface area contributed by atoms with E-state index in [0.29, 0.717) is 5.92 Å². The number of nitrogens with one attached hydrogen (secondary N) is 1. The normalized spacial score (nSPS) is 36.7. The Bertz CT molecular complexity index is 297. The van der Waals surface area contributed by atoms with Crippen LogP contribution in [0, 0.1) is 11.8 Å². The smallest absolute Gasteiger partial charge is 0.0332 e. The average Bonchev–Trinajstić information content (AvgIpc) is 2.88. The largest absolute Gasteiger partial charge is 0.329 e. The van der Waals surface area contributed by atoms with Crippen molar-refractivity contribution in [2.75, 3.05) is 13.1 Å². The van der Waals surface area contributed by atoms with Crippen molar-refractivity contribution in [1.29, 1.82) is 0 Å². The van der Waals surface area contributed by atoms with Crippen molar-refractivity contribution in [2.24, 2.45) is 17.6 Å². The van der Waals surface area contributed by atoms with Gasteiger partial charge in [0.25, 0.3) is 0 Å². The molecule has 0 bridgehead atoms. The summed E-state index contributed by atoms with van der Waals surface area (Å²) in [4.78, 5) is 0. The van der Waals surface area contributed by atoms with Gasteiger partial charge in [0.05, 0.1) is 0 Å². The van der Waals surface area contributed by atoms with Crippen LogP contribution < -0.4 is 11.1 Å². The molecule has 104 valence electrons. The van der Waals surface area contributed by atoms with Crippen molar-refractivity contribution in [2.45, 2.75) is 64.3 Å². The SMILES string of the molecule is CC1CCCC(CN)(NCCC2=CCCC2)C1C. The lowest BCUT2D eigenvalue weighted by Crippen LogP contribution is -2.59. The fourth-order valence-electron chi connectivity index (χ4n) is 3.81. The molecule has 3 atom stereocenters. The second kappa shape index (κ2) is 6.21. The third-order valence-corrected chi connectivity index (χ3v) is 5.43. The number of rotatable bonds is 5. The van der Waals surface area contributed by atoms with Crippen LogP contribution in [0.3, 0.4) is 0 Å². The standard InChI is InChI=1S/C16H30N2/c1-13-6-5-10-16(12-17,14(13)2)18-11-9-15-7-3-4-8-15/h7,13-14,18H,3-6,8-12,17H2,1-2H3. The van der Waals surface area contributed by atoms with Gasteiger partial charge in [-0.25, -0.2) is 0 Å². The lowest BCUT2D eigenvalue weighted by molar-refractivity contribution is 0.112. The van der Waals surface area contributed by atoms with Crippen molar-refractivity contribution >= 4 is 0 Å². The zero-order chi connectivity index (χ0) is 13.0. The Kier molecular flexibility index (Phi) is 4.85. The summed E-state index contributed by atoms with van der Waals surface area (Å²) >= 11 is 0. The topological polar surface area (TPSA) is 38.0 Å². The van der Waals surface area contributed by atoms with E-state index < -0.39 is 0 Å². The summed E-state index contributed by atoms with van der Waals surface area (Å²) in [6.45, 7) is 6.67. The van der Waals surface area contributed by atoms with Crippen LogP contribution in [0.25, 0.3) is 0 Å². The van der Waals surface area contributed by atoms with Gasteiger partial charge in [0.2, 0.25) is 0 Å². The van der Waals surface area contributed by atoms with Gasteiger partial charge in [0.1, 0.15) is 0 Å². The summed E-state index contributed by atoms with van der Waals surface area (Å²) in [5.74, 6) is 1.51. The van der Waals surface area contributed by atoms with E-state index in [9.17, 15) is 0 Å². The number of nitrogens with two attached hydrogens (primary N) is 1. The van der Waals surface area contributed by atoms with E-state index in [1.807, 2.05) is 0 Å². The molecular weight excluding hydrogens is 220 g/mol. The maximum atomic E-state index is 6.11. The highest BCUT2D eigenvalue weighted by atomic mass is 15.0. The minimum atomic E-state index is 0.205. The molecular formula is C16H30N2. The van der Waals surface area contributed by atoms with Gasteiger partial charge in [-0.1, -0.05) is 38.3 Å². The molecule has 2 heteroatoms. The van der Waals surface area contributed by atoms with Gasteiger partial charge in [-0.05, 0) is 50.5 Å². The third-order valence-electron chi connectivity index (χ3n) is 5.43. The maximum absolute atomic E-state index is 6.11. The van der Waals surface area contributed by atoms with E-state index in [4.69, 9.17) is 5.73 Å². The average molecular weight is 250 g/mol. The van der Waals surface area contributed by atoms with Crippen LogP contribution in [0.2, 0.25) is 0 Å². The Balaban J connectivity index is 1.86. The zero-order valence-electron chi connectivity index (χ0n) is 12.2. The van der Waals surface area contributed by atoms with Crippen LogP contribution in [0.1, 0.15) is 58.8 Å². The van der Waals surface area contributed by atoms with Crippen molar-refractivity contribution in [3.8, 4) is 0 Å². The second-order valence-electron chi connectivity index (χ2n) is 6.45. The van der Waals surface area contributed by atoms with Crippen LogP contribution >= 0.6 is 0 Å². The minimum Gasteiger partial charge on any atom is -0.329 e. The molecule has 0 aromatic heterocycles. The molecule has 0 aromatic carbocycles. The van der Waals surface area contributed by atoms with Gasteiger partial charge >= 0.3 is 0 Å². The predicted octanol–water partition coefficient (Wildman–Crippen LogP) is 3.23. The molecule has 2 nitrogen and oxygen atoms in total. The molecule has 0 amide bonds. The maximum Gasteiger partial charge on any atom is 0.0332 e. The van der Waals surface area contributed by atoms with Crippen molar-refractivity contribution < 1.29 is 0 Å². The van der Waals surface area contributed by atoms with Gasteiger partial charge < -0.3 is 11.1 Å². The van der Waals surface area contributed by atoms with E-state index in [1.165, 1.54) is 44.9 Å². The molecule has 1 saturated carbocycles. The molecule has 2 aliphatic rings. The highest BCUT2D eigenvalue weighted by Gasteiger charge is 2.39. The summed E-state index contributed by atoms with van der Waals surface area (Å²) < 4.78 is 0. The van der Waals surface area contributed by atoms with Gasteiger partial charge in [-0.15, -0.1) is 0 Å². The third kappa shape index (κ3) is 2.97. The Morgan fingerprint density at radius 2 is 2.22 bits per heavy atom. The molecule has 0 spiro atoms. The summed E-state index contributed by atoms with van der Waals surface area (Å²) in [5, 5.41) is 3.83. The van der Waals surface area contributed by atoms with E-state index in [2.05, 4.69) is 25.2 Å². The molecule has 2 rings (SSSR count). The van der Waals surface area contributed by atoms with Gasteiger partial charge in [-0.3, -0.25) is 0 Å². The van der Waals surface area contributed by atoms with E-state index >= 15 is 0 Å². The molecule has 0 aliphatic heterocycles. The first-order valence-corrected chi connectivity index (χ1v) is 7.81. The first-order valence-electron chi connectivity index (χ1n) is 7.81. The Morgan fingerprint density at radius 3 is 2.89 bits per heavy atom. The summed E-state index contributed by atoms with van der Waals surface area (Å²) in [6, 6.07) is 0. The summed E-state index contributed by atoms with van der Waals surface area (Å²) in [5.41, 5.74) is 7.97. The first-order chi connectivity index (χ1) is 8.68. The van der Waals surface area contributed by atoms with Crippen LogP contribution in [-0.4, -0.2) is 18.6 Å². The quantitative estimate of drug-likeness (QED) is 0.735. The lowest BCUT2D eigenvalue weighted by Gasteiger charge is -2.46. The Hall–Kier alpha value is -0.340. The predicted molar refractivity (Wildman–Crippen MR) is 78.5 cm³/mol. The van der Waals surface area contributed by atoms with Crippen LogP contribution in [0.15, 0.2) is 11.6 Å². The zero-order valence-corrected chi connectivity index (χ0v) is 12.2.